The molecule has 33 heavy (non-hydrogen) atoms. The Balaban J connectivity index is 1.65. The van der Waals surface area contributed by atoms with Gasteiger partial charge in [0.25, 0.3) is 0 Å². The average Bonchev–Trinajstić information content (AvgIpc) is 3.57. The van der Waals surface area contributed by atoms with Crippen molar-refractivity contribution in [3.63, 3.8) is 0 Å². The minimum absolute atomic E-state index is 0.964. The third kappa shape index (κ3) is 3.10. The van der Waals surface area contributed by atoms with Gasteiger partial charge in [-0.1, -0.05) is 72.8 Å². The second-order valence-electron chi connectivity index (χ2n) is 8.59. The summed E-state index contributed by atoms with van der Waals surface area (Å²) in [6, 6.07) is 36.0. The van der Waals surface area contributed by atoms with Gasteiger partial charge in [-0.2, -0.15) is 0 Å². The van der Waals surface area contributed by atoms with E-state index in [1.165, 1.54) is 64.7 Å². The van der Waals surface area contributed by atoms with Gasteiger partial charge in [0, 0.05) is 15.3 Å². The molecule has 0 fully saturated rings. The van der Waals surface area contributed by atoms with Crippen LogP contribution in [-0.4, -0.2) is 0 Å². The van der Waals surface area contributed by atoms with Crippen molar-refractivity contribution in [2.24, 2.45) is 0 Å². The number of benzene rings is 4. The smallest absolute Gasteiger partial charge is 0.0363 e. The first-order valence-electron chi connectivity index (χ1n) is 11.2. The summed E-state index contributed by atoms with van der Waals surface area (Å²) in [5.74, 6) is 0. The second kappa shape index (κ2) is 7.55. The molecule has 0 unspecified atom stereocenters. The summed E-state index contributed by atoms with van der Waals surface area (Å²) in [4.78, 5) is 2.65. The molecule has 0 spiro atoms. The number of hydrogen-bond donors (Lipinski definition) is 0. The molecule has 0 radical (unpaired) electrons. The highest BCUT2D eigenvalue weighted by Gasteiger charge is 2.26. The Kier molecular flexibility index (Phi) is 4.36. The van der Waals surface area contributed by atoms with E-state index in [1.54, 1.807) is 0 Å². The standard InChI is InChI=1S/C31H20S2/c1-3-9-22-18-26-24(15-20(22)7-1)17-25-16-21-8-2-4-10-23(21)19-27(25)30(26)31(28-11-5-13-32-28)29-12-6-14-33-29/h1-16,18-19H,17H2. The van der Waals surface area contributed by atoms with E-state index < -0.39 is 0 Å². The Morgan fingerprint density at radius 2 is 0.970 bits per heavy atom. The first-order valence-corrected chi connectivity index (χ1v) is 13.0. The summed E-state index contributed by atoms with van der Waals surface area (Å²) in [5.41, 5.74) is 8.29. The number of rotatable bonds is 2. The molecule has 0 saturated carbocycles. The Bertz CT molecular complexity index is 1540. The molecule has 0 aliphatic heterocycles. The van der Waals surface area contributed by atoms with Gasteiger partial charge in [-0.25, -0.2) is 0 Å². The molecule has 2 heteroatoms. The normalized spacial score (nSPS) is 12.7. The van der Waals surface area contributed by atoms with Crippen LogP contribution in [0.1, 0.15) is 32.0 Å². The molecular weight excluding hydrogens is 436 g/mol. The summed E-state index contributed by atoms with van der Waals surface area (Å²) in [7, 11) is 0. The number of hydrogen-bond acceptors (Lipinski definition) is 2. The second-order valence-corrected chi connectivity index (χ2v) is 10.5. The highest BCUT2D eigenvalue weighted by Crippen LogP contribution is 2.46. The van der Waals surface area contributed by atoms with Crippen LogP contribution in [0.2, 0.25) is 0 Å². The summed E-state index contributed by atoms with van der Waals surface area (Å²) >= 11 is 3.66. The van der Waals surface area contributed by atoms with E-state index in [0.717, 1.165) is 6.42 Å². The van der Waals surface area contributed by atoms with E-state index in [-0.39, 0.29) is 0 Å². The van der Waals surface area contributed by atoms with E-state index >= 15 is 0 Å². The molecule has 1 aliphatic rings. The van der Waals surface area contributed by atoms with E-state index in [1.807, 2.05) is 22.7 Å². The first kappa shape index (κ1) is 19.0. The Morgan fingerprint density at radius 3 is 1.39 bits per heavy atom. The zero-order valence-electron chi connectivity index (χ0n) is 17.9. The van der Waals surface area contributed by atoms with E-state index in [4.69, 9.17) is 0 Å². The van der Waals surface area contributed by atoms with Crippen LogP contribution in [0.5, 0.6) is 0 Å². The topological polar surface area (TPSA) is 0 Å². The van der Waals surface area contributed by atoms with Gasteiger partial charge in [0.05, 0.1) is 0 Å². The highest BCUT2D eigenvalue weighted by molar-refractivity contribution is 7.14. The van der Waals surface area contributed by atoms with Crippen LogP contribution >= 0.6 is 22.7 Å². The van der Waals surface area contributed by atoms with Crippen LogP contribution in [0.25, 0.3) is 32.7 Å². The largest absolute Gasteiger partial charge is 0.144 e. The fourth-order valence-electron chi connectivity index (χ4n) is 5.16. The predicted molar refractivity (Wildman–Crippen MR) is 144 cm³/mol. The highest BCUT2D eigenvalue weighted by atomic mass is 32.1. The Morgan fingerprint density at radius 1 is 0.515 bits per heavy atom. The predicted octanol–water partition coefficient (Wildman–Crippen LogP) is 9.03. The lowest BCUT2D eigenvalue weighted by Gasteiger charge is -2.27. The summed E-state index contributed by atoms with van der Waals surface area (Å²) in [5, 5.41) is 9.61. The lowest BCUT2D eigenvalue weighted by molar-refractivity contribution is 1.15. The molecule has 0 atom stereocenters. The Hall–Kier alpha value is -3.46. The lowest BCUT2D eigenvalue weighted by atomic mass is 9.77. The molecule has 156 valence electrons. The zero-order chi connectivity index (χ0) is 21.8. The molecule has 0 bridgehead atoms. The molecule has 0 saturated heterocycles. The molecule has 6 aromatic rings. The molecule has 0 amide bonds. The maximum Gasteiger partial charge on any atom is 0.0363 e. The van der Waals surface area contributed by atoms with Crippen LogP contribution in [0.3, 0.4) is 0 Å². The molecule has 0 N–H and O–H groups in total. The zero-order valence-corrected chi connectivity index (χ0v) is 19.5. The maximum absolute atomic E-state index is 2.42. The van der Waals surface area contributed by atoms with E-state index in [2.05, 4.69) is 108 Å². The summed E-state index contributed by atoms with van der Waals surface area (Å²) in [6.45, 7) is 0. The third-order valence-corrected chi connectivity index (χ3v) is 8.42. The minimum Gasteiger partial charge on any atom is -0.144 e. The van der Waals surface area contributed by atoms with Gasteiger partial charge in [0.1, 0.15) is 0 Å². The van der Waals surface area contributed by atoms with Gasteiger partial charge in [-0.15, -0.1) is 22.7 Å². The summed E-state index contributed by atoms with van der Waals surface area (Å²) in [6.07, 6.45) is 0.964. The van der Waals surface area contributed by atoms with Gasteiger partial charge in [-0.3, -0.25) is 0 Å². The fraction of sp³-hybridized carbons (Fsp3) is 0.0323. The molecule has 4 aromatic carbocycles. The fourth-order valence-corrected chi connectivity index (χ4v) is 6.81. The van der Waals surface area contributed by atoms with Crippen LogP contribution in [-0.2, 0) is 6.42 Å². The van der Waals surface area contributed by atoms with Crippen molar-refractivity contribution in [2.75, 3.05) is 0 Å². The van der Waals surface area contributed by atoms with Crippen molar-refractivity contribution in [1.82, 2.24) is 0 Å². The monoisotopic (exact) mass is 456 g/mol. The van der Waals surface area contributed by atoms with E-state index in [9.17, 15) is 0 Å². The quantitative estimate of drug-likeness (QED) is 0.243. The van der Waals surface area contributed by atoms with Crippen LogP contribution in [0.4, 0.5) is 0 Å². The third-order valence-electron chi connectivity index (χ3n) is 6.65. The van der Waals surface area contributed by atoms with Crippen molar-refractivity contribution in [1.29, 1.82) is 0 Å². The molecule has 2 aromatic heterocycles. The SMILES string of the molecule is c1csc(C(=C2c3cc4ccccc4cc3Cc3cc4ccccc4cc32)c2cccs2)c1. The number of fused-ring (bicyclic) bond motifs is 4. The maximum atomic E-state index is 2.42. The van der Waals surface area contributed by atoms with Crippen molar-refractivity contribution in [3.05, 3.63) is 140 Å². The van der Waals surface area contributed by atoms with Crippen molar-refractivity contribution in [3.8, 4) is 0 Å². The molecule has 2 heterocycles. The van der Waals surface area contributed by atoms with Gasteiger partial charge in [0.2, 0.25) is 0 Å². The minimum atomic E-state index is 0.964. The van der Waals surface area contributed by atoms with Gasteiger partial charge >= 0.3 is 0 Å². The van der Waals surface area contributed by atoms with Crippen molar-refractivity contribution < 1.29 is 0 Å². The van der Waals surface area contributed by atoms with Crippen LogP contribution < -0.4 is 0 Å². The van der Waals surface area contributed by atoms with Crippen LogP contribution in [0.15, 0.2) is 108 Å². The molecular formula is C31H20S2. The molecule has 7 rings (SSSR count). The van der Waals surface area contributed by atoms with Crippen molar-refractivity contribution >= 4 is 55.4 Å². The first-order chi connectivity index (χ1) is 16.3. The average molecular weight is 457 g/mol. The number of thiophene rings is 2. The van der Waals surface area contributed by atoms with Gasteiger partial charge in [0.15, 0.2) is 0 Å². The van der Waals surface area contributed by atoms with Crippen molar-refractivity contribution in [2.45, 2.75) is 6.42 Å². The van der Waals surface area contributed by atoms with Crippen LogP contribution in [0, 0.1) is 0 Å². The Labute approximate surface area is 201 Å². The van der Waals surface area contributed by atoms with Gasteiger partial charge in [-0.05, 0) is 90.8 Å². The summed E-state index contributed by atoms with van der Waals surface area (Å²) < 4.78 is 0. The molecule has 1 aliphatic carbocycles. The molecule has 0 nitrogen and oxygen atoms in total. The van der Waals surface area contributed by atoms with E-state index in [0.29, 0.717) is 0 Å². The van der Waals surface area contributed by atoms with Gasteiger partial charge < -0.3 is 0 Å². The lowest BCUT2D eigenvalue weighted by Crippen LogP contribution is -2.09.